The maximum atomic E-state index is 13.1. The Kier molecular flexibility index (Phi) is 6.50. The van der Waals surface area contributed by atoms with E-state index in [9.17, 15) is 9.59 Å². The van der Waals surface area contributed by atoms with Gasteiger partial charge in [-0.2, -0.15) is 0 Å². The average molecular weight is 475 g/mol. The standard InChI is InChI=1S/C30H26N4O2/c1-3-30(36)34-18-24-9-8-22(15-26(24)19-34)28(35)14-21-7-6-20(2)25(13-21)16-29-32-12-10-27(33-29)23-5-4-11-31-17-23/h3-13,15,17H,1,14,16,18-19H2,2H3. The summed E-state index contributed by atoms with van der Waals surface area (Å²) in [5.74, 6) is 0.678. The molecule has 0 spiro atoms. The molecule has 6 heteroatoms. The second-order valence-corrected chi connectivity index (χ2v) is 9.02. The summed E-state index contributed by atoms with van der Waals surface area (Å²) in [6.45, 7) is 6.68. The van der Waals surface area contributed by atoms with Crippen LogP contribution in [-0.2, 0) is 30.7 Å². The molecule has 3 heterocycles. The van der Waals surface area contributed by atoms with Crippen LogP contribution in [0, 0.1) is 6.92 Å². The zero-order chi connectivity index (χ0) is 25.1. The van der Waals surface area contributed by atoms with Crippen molar-refractivity contribution < 1.29 is 9.59 Å². The number of hydrogen-bond donors (Lipinski definition) is 0. The minimum Gasteiger partial charge on any atom is -0.331 e. The van der Waals surface area contributed by atoms with Crippen LogP contribution in [0.4, 0.5) is 0 Å². The second-order valence-electron chi connectivity index (χ2n) is 9.02. The van der Waals surface area contributed by atoms with Gasteiger partial charge in [-0.3, -0.25) is 14.6 Å². The van der Waals surface area contributed by atoms with Gasteiger partial charge in [0.2, 0.25) is 5.91 Å². The van der Waals surface area contributed by atoms with Crippen molar-refractivity contribution in [2.75, 3.05) is 0 Å². The highest BCUT2D eigenvalue weighted by Crippen LogP contribution is 2.25. The Hall–Kier alpha value is -4.45. The van der Waals surface area contributed by atoms with E-state index < -0.39 is 0 Å². The zero-order valence-corrected chi connectivity index (χ0v) is 20.1. The number of aromatic nitrogens is 3. The predicted molar refractivity (Wildman–Crippen MR) is 138 cm³/mol. The minimum absolute atomic E-state index is 0.0518. The molecule has 0 saturated heterocycles. The van der Waals surface area contributed by atoms with Gasteiger partial charge in [0.05, 0.1) is 5.69 Å². The summed E-state index contributed by atoms with van der Waals surface area (Å²) in [7, 11) is 0. The molecule has 2 aromatic carbocycles. The van der Waals surface area contributed by atoms with E-state index in [4.69, 9.17) is 4.98 Å². The van der Waals surface area contributed by atoms with E-state index >= 15 is 0 Å². The number of hydrogen-bond acceptors (Lipinski definition) is 5. The van der Waals surface area contributed by atoms with E-state index in [0.717, 1.165) is 44.9 Å². The summed E-state index contributed by atoms with van der Waals surface area (Å²) in [5, 5.41) is 0. The molecule has 2 aromatic heterocycles. The summed E-state index contributed by atoms with van der Waals surface area (Å²) in [5.41, 5.74) is 7.72. The van der Waals surface area contributed by atoms with E-state index in [2.05, 4.69) is 29.5 Å². The summed E-state index contributed by atoms with van der Waals surface area (Å²) in [6.07, 6.45) is 7.50. The van der Waals surface area contributed by atoms with Crippen molar-refractivity contribution in [2.24, 2.45) is 0 Å². The summed E-state index contributed by atoms with van der Waals surface area (Å²) in [6, 6.07) is 17.6. The molecule has 0 aliphatic carbocycles. The smallest absolute Gasteiger partial charge is 0.246 e. The number of rotatable bonds is 7. The predicted octanol–water partition coefficient (Wildman–Crippen LogP) is 4.89. The Labute approximate surface area is 210 Å². The number of aryl methyl sites for hydroxylation is 1. The van der Waals surface area contributed by atoms with E-state index in [1.807, 2.05) is 48.5 Å². The third kappa shape index (κ3) is 4.98. The fourth-order valence-corrected chi connectivity index (χ4v) is 4.50. The van der Waals surface area contributed by atoms with Crippen molar-refractivity contribution in [3.63, 3.8) is 0 Å². The number of Topliss-reactive ketones (excluding diaryl/α,β-unsaturated/α-hetero) is 1. The van der Waals surface area contributed by atoms with Gasteiger partial charge in [0.25, 0.3) is 0 Å². The molecule has 6 nitrogen and oxygen atoms in total. The topological polar surface area (TPSA) is 76.1 Å². The van der Waals surface area contributed by atoms with Crippen molar-refractivity contribution >= 4 is 11.7 Å². The molecule has 1 aliphatic rings. The maximum Gasteiger partial charge on any atom is 0.246 e. The number of ketones is 1. The van der Waals surface area contributed by atoms with Gasteiger partial charge in [0, 0.05) is 55.6 Å². The fourth-order valence-electron chi connectivity index (χ4n) is 4.50. The van der Waals surface area contributed by atoms with Gasteiger partial charge in [0.1, 0.15) is 5.82 Å². The molecule has 0 atom stereocenters. The number of benzene rings is 2. The minimum atomic E-state index is -0.0961. The van der Waals surface area contributed by atoms with Crippen LogP contribution >= 0.6 is 0 Å². The number of fused-ring (bicyclic) bond motifs is 1. The van der Waals surface area contributed by atoms with Crippen molar-refractivity contribution in [1.29, 1.82) is 0 Å². The molecule has 1 aliphatic heterocycles. The lowest BCUT2D eigenvalue weighted by molar-refractivity contribution is -0.126. The van der Waals surface area contributed by atoms with Crippen molar-refractivity contribution in [3.8, 4) is 11.3 Å². The molecule has 0 saturated carbocycles. The molecule has 36 heavy (non-hydrogen) atoms. The Balaban J connectivity index is 1.31. The largest absolute Gasteiger partial charge is 0.331 e. The number of amides is 1. The molecular weight excluding hydrogens is 448 g/mol. The van der Waals surface area contributed by atoms with Crippen molar-refractivity contribution in [2.45, 2.75) is 32.9 Å². The normalized spacial score (nSPS) is 12.3. The summed E-state index contributed by atoms with van der Waals surface area (Å²) >= 11 is 0. The number of carbonyl (C=O) groups is 2. The fraction of sp³-hybridized carbons (Fsp3) is 0.167. The van der Waals surface area contributed by atoms with Crippen LogP contribution in [0.5, 0.6) is 0 Å². The lowest BCUT2D eigenvalue weighted by atomic mass is 9.96. The average Bonchev–Trinajstić information content (AvgIpc) is 3.34. The number of carbonyl (C=O) groups excluding carboxylic acids is 2. The quantitative estimate of drug-likeness (QED) is 0.282. The van der Waals surface area contributed by atoms with E-state index in [0.29, 0.717) is 31.5 Å². The molecule has 4 aromatic rings. The highest BCUT2D eigenvalue weighted by Gasteiger charge is 2.22. The first-order valence-corrected chi connectivity index (χ1v) is 11.9. The molecular formula is C30H26N4O2. The van der Waals surface area contributed by atoms with Gasteiger partial charge in [0.15, 0.2) is 5.78 Å². The van der Waals surface area contributed by atoms with Crippen LogP contribution in [0.3, 0.4) is 0 Å². The number of pyridine rings is 1. The Morgan fingerprint density at radius 3 is 2.69 bits per heavy atom. The van der Waals surface area contributed by atoms with Gasteiger partial charge in [-0.05, 0) is 65.1 Å². The Bertz CT molecular complexity index is 1460. The van der Waals surface area contributed by atoms with E-state index in [1.54, 1.807) is 23.5 Å². The highest BCUT2D eigenvalue weighted by atomic mass is 16.2. The zero-order valence-electron chi connectivity index (χ0n) is 20.1. The van der Waals surface area contributed by atoms with Crippen LogP contribution in [-0.4, -0.2) is 31.5 Å². The van der Waals surface area contributed by atoms with Crippen LogP contribution in [0.2, 0.25) is 0 Å². The van der Waals surface area contributed by atoms with E-state index in [1.165, 1.54) is 6.08 Å². The first-order valence-electron chi connectivity index (χ1n) is 11.9. The monoisotopic (exact) mass is 474 g/mol. The summed E-state index contributed by atoms with van der Waals surface area (Å²) in [4.78, 5) is 40.2. The molecule has 178 valence electrons. The molecule has 0 radical (unpaired) electrons. The van der Waals surface area contributed by atoms with Gasteiger partial charge in [-0.15, -0.1) is 0 Å². The van der Waals surface area contributed by atoms with Gasteiger partial charge in [-0.1, -0.05) is 36.9 Å². The van der Waals surface area contributed by atoms with Gasteiger partial charge < -0.3 is 4.90 Å². The Morgan fingerprint density at radius 2 is 1.89 bits per heavy atom. The molecule has 0 unspecified atom stereocenters. The first kappa shape index (κ1) is 23.3. The highest BCUT2D eigenvalue weighted by molar-refractivity contribution is 5.98. The SMILES string of the molecule is C=CC(=O)N1Cc2ccc(C(=O)Cc3ccc(C)c(Cc4nccc(-c5cccnc5)n4)c3)cc2C1. The van der Waals surface area contributed by atoms with Crippen molar-refractivity contribution in [1.82, 2.24) is 19.9 Å². The number of nitrogens with zero attached hydrogens (tertiary/aromatic N) is 4. The van der Waals surface area contributed by atoms with E-state index in [-0.39, 0.29) is 11.7 Å². The summed E-state index contributed by atoms with van der Waals surface area (Å²) < 4.78 is 0. The first-order chi connectivity index (χ1) is 17.5. The van der Waals surface area contributed by atoms with Crippen LogP contribution in [0.15, 0.2) is 85.8 Å². The van der Waals surface area contributed by atoms with Crippen LogP contribution in [0.25, 0.3) is 11.3 Å². The third-order valence-electron chi connectivity index (χ3n) is 6.53. The van der Waals surface area contributed by atoms with Crippen LogP contribution < -0.4 is 0 Å². The molecule has 1 amide bonds. The maximum absolute atomic E-state index is 13.1. The molecule has 0 fully saturated rings. The van der Waals surface area contributed by atoms with Gasteiger partial charge >= 0.3 is 0 Å². The third-order valence-corrected chi connectivity index (χ3v) is 6.53. The second kappa shape index (κ2) is 10.0. The van der Waals surface area contributed by atoms with Gasteiger partial charge in [-0.25, -0.2) is 9.97 Å². The molecule has 0 N–H and O–H groups in total. The van der Waals surface area contributed by atoms with Crippen molar-refractivity contribution in [3.05, 3.63) is 125 Å². The lowest BCUT2D eigenvalue weighted by Gasteiger charge is -2.11. The molecule has 0 bridgehead atoms. The lowest BCUT2D eigenvalue weighted by Crippen LogP contribution is -2.22. The molecule has 5 rings (SSSR count). The Morgan fingerprint density at radius 1 is 1.03 bits per heavy atom. The van der Waals surface area contributed by atoms with Crippen LogP contribution in [0.1, 0.15) is 44.0 Å².